The lowest BCUT2D eigenvalue weighted by Crippen LogP contribution is -2.38. The average molecular weight is 361 g/mol. The molecule has 1 N–H and O–H groups in total. The molecular formula is C18H23N3O5. The fourth-order valence-corrected chi connectivity index (χ4v) is 2.52. The molecule has 1 aromatic carbocycles. The highest BCUT2D eigenvalue weighted by Gasteiger charge is 2.25. The van der Waals surface area contributed by atoms with E-state index in [1.54, 1.807) is 31.2 Å². The molecule has 0 bridgehead atoms. The summed E-state index contributed by atoms with van der Waals surface area (Å²) >= 11 is 0. The molecule has 140 valence electrons. The van der Waals surface area contributed by atoms with Crippen LogP contribution in [0.15, 0.2) is 28.8 Å². The van der Waals surface area contributed by atoms with Gasteiger partial charge in [-0.3, -0.25) is 9.59 Å². The Kier molecular flexibility index (Phi) is 6.60. The first-order chi connectivity index (χ1) is 12.5. The van der Waals surface area contributed by atoms with Crippen molar-refractivity contribution in [1.29, 1.82) is 0 Å². The van der Waals surface area contributed by atoms with Gasteiger partial charge < -0.3 is 24.2 Å². The van der Waals surface area contributed by atoms with Crippen molar-refractivity contribution in [1.82, 2.24) is 10.1 Å². The highest BCUT2D eigenvalue weighted by Crippen LogP contribution is 2.29. The van der Waals surface area contributed by atoms with Crippen LogP contribution in [0.1, 0.15) is 29.5 Å². The average Bonchev–Trinajstić information content (AvgIpc) is 3.04. The molecule has 0 fully saturated rings. The summed E-state index contributed by atoms with van der Waals surface area (Å²) in [5.41, 5.74) is 0.288. The zero-order valence-corrected chi connectivity index (χ0v) is 15.4. The normalized spacial score (nSPS) is 10.3. The minimum absolute atomic E-state index is 0.125. The molecule has 0 aliphatic rings. The fraction of sp³-hybridized carbons (Fsp3) is 0.389. The highest BCUT2D eigenvalue weighted by atomic mass is 16.5. The van der Waals surface area contributed by atoms with E-state index in [4.69, 9.17) is 14.0 Å². The molecule has 8 nitrogen and oxygen atoms in total. The summed E-state index contributed by atoms with van der Waals surface area (Å²) in [5.74, 6) is 0.972. The first kappa shape index (κ1) is 19.3. The Bertz CT molecular complexity index is 750. The molecular weight excluding hydrogens is 338 g/mol. The maximum Gasteiger partial charge on any atom is 0.261 e. The number of anilines is 1. The quantitative estimate of drug-likeness (QED) is 0.776. The second-order valence-corrected chi connectivity index (χ2v) is 5.64. The van der Waals surface area contributed by atoms with E-state index in [9.17, 15) is 9.59 Å². The van der Waals surface area contributed by atoms with Crippen LogP contribution in [0, 0.1) is 6.92 Å². The molecule has 0 spiro atoms. The number of methoxy groups -OCH3 is 2. The Morgan fingerprint density at radius 1 is 1.23 bits per heavy atom. The van der Waals surface area contributed by atoms with Crippen molar-refractivity contribution in [2.24, 2.45) is 0 Å². The Balaban J connectivity index is 2.21. The molecule has 0 saturated carbocycles. The maximum absolute atomic E-state index is 13.0. The third-order valence-electron chi connectivity index (χ3n) is 3.65. The van der Waals surface area contributed by atoms with Gasteiger partial charge in [-0.25, -0.2) is 0 Å². The topological polar surface area (TPSA) is 93.9 Å². The van der Waals surface area contributed by atoms with Crippen LogP contribution >= 0.6 is 0 Å². The molecule has 0 aliphatic carbocycles. The summed E-state index contributed by atoms with van der Waals surface area (Å²) in [6.07, 6.45) is 0.694. The highest BCUT2D eigenvalue weighted by molar-refractivity contribution is 6.02. The van der Waals surface area contributed by atoms with Crippen molar-refractivity contribution < 1.29 is 23.6 Å². The fourth-order valence-electron chi connectivity index (χ4n) is 2.52. The number of aryl methyl sites for hydroxylation is 1. The van der Waals surface area contributed by atoms with Gasteiger partial charge >= 0.3 is 0 Å². The standard InChI is InChI=1S/C18H23N3O5/c1-5-9-21(11-16(22)19-15-10-12(2)26-20-15)18(23)17-13(24-3)7-6-8-14(17)25-4/h6-8,10H,5,9,11H2,1-4H3,(H,19,20,22). The van der Waals surface area contributed by atoms with E-state index in [0.717, 1.165) is 0 Å². The minimum atomic E-state index is -0.367. The summed E-state index contributed by atoms with van der Waals surface area (Å²) < 4.78 is 15.5. The van der Waals surface area contributed by atoms with Crippen molar-refractivity contribution in [2.75, 3.05) is 32.6 Å². The van der Waals surface area contributed by atoms with E-state index in [2.05, 4.69) is 10.5 Å². The van der Waals surface area contributed by atoms with Crippen LogP contribution in [0.25, 0.3) is 0 Å². The molecule has 0 atom stereocenters. The Morgan fingerprint density at radius 2 is 1.88 bits per heavy atom. The van der Waals surface area contributed by atoms with Gasteiger partial charge in [0.15, 0.2) is 5.82 Å². The monoisotopic (exact) mass is 361 g/mol. The van der Waals surface area contributed by atoms with Gasteiger partial charge in [-0.05, 0) is 25.5 Å². The molecule has 8 heteroatoms. The van der Waals surface area contributed by atoms with Crippen LogP contribution in [-0.4, -0.2) is 49.2 Å². The van der Waals surface area contributed by atoms with Gasteiger partial charge in [0.2, 0.25) is 5.91 Å². The van der Waals surface area contributed by atoms with E-state index in [1.807, 2.05) is 6.92 Å². The predicted molar refractivity (Wildman–Crippen MR) is 95.6 cm³/mol. The van der Waals surface area contributed by atoms with E-state index < -0.39 is 0 Å². The smallest absolute Gasteiger partial charge is 0.261 e. The second-order valence-electron chi connectivity index (χ2n) is 5.64. The van der Waals surface area contributed by atoms with E-state index >= 15 is 0 Å². The molecule has 1 aromatic heterocycles. The summed E-state index contributed by atoms with van der Waals surface area (Å²) in [5, 5.41) is 6.33. The van der Waals surface area contributed by atoms with Crippen LogP contribution in [0.2, 0.25) is 0 Å². The number of aromatic nitrogens is 1. The van der Waals surface area contributed by atoms with Gasteiger partial charge in [0.05, 0.1) is 14.2 Å². The number of hydrogen-bond donors (Lipinski definition) is 1. The molecule has 2 rings (SSSR count). The zero-order chi connectivity index (χ0) is 19.1. The lowest BCUT2D eigenvalue weighted by atomic mass is 10.1. The van der Waals surface area contributed by atoms with Gasteiger partial charge in [0, 0.05) is 12.6 Å². The maximum atomic E-state index is 13.0. The molecule has 0 aliphatic heterocycles. The molecule has 0 unspecified atom stereocenters. The Labute approximate surface area is 152 Å². The number of ether oxygens (including phenoxy) is 2. The van der Waals surface area contributed by atoms with Crippen molar-refractivity contribution in [2.45, 2.75) is 20.3 Å². The van der Waals surface area contributed by atoms with Gasteiger partial charge in [-0.1, -0.05) is 18.1 Å². The van der Waals surface area contributed by atoms with Crippen LogP contribution in [0.3, 0.4) is 0 Å². The molecule has 0 radical (unpaired) electrons. The summed E-state index contributed by atoms with van der Waals surface area (Å²) in [6, 6.07) is 6.70. The summed E-state index contributed by atoms with van der Waals surface area (Å²) in [6.45, 7) is 3.94. The number of carbonyl (C=O) groups excluding carboxylic acids is 2. The van der Waals surface area contributed by atoms with Gasteiger partial charge in [-0.15, -0.1) is 0 Å². The van der Waals surface area contributed by atoms with Crippen molar-refractivity contribution >= 4 is 17.6 Å². The number of carbonyl (C=O) groups is 2. The molecule has 0 saturated heterocycles. The van der Waals surface area contributed by atoms with E-state index in [1.165, 1.54) is 19.1 Å². The van der Waals surface area contributed by atoms with Crippen LogP contribution in [0.4, 0.5) is 5.82 Å². The largest absolute Gasteiger partial charge is 0.496 e. The predicted octanol–water partition coefficient (Wildman–Crippen LogP) is 2.49. The Morgan fingerprint density at radius 3 is 2.38 bits per heavy atom. The number of amides is 2. The molecule has 2 aromatic rings. The Hall–Kier alpha value is -3.03. The van der Waals surface area contributed by atoms with Crippen molar-refractivity contribution in [3.8, 4) is 11.5 Å². The van der Waals surface area contributed by atoms with Crippen molar-refractivity contribution in [3.63, 3.8) is 0 Å². The van der Waals surface area contributed by atoms with Crippen LogP contribution in [0.5, 0.6) is 11.5 Å². The van der Waals surface area contributed by atoms with Crippen LogP contribution in [-0.2, 0) is 4.79 Å². The number of hydrogen-bond acceptors (Lipinski definition) is 6. The van der Waals surface area contributed by atoms with Crippen molar-refractivity contribution in [3.05, 3.63) is 35.6 Å². The summed E-state index contributed by atoms with van der Waals surface area (Å²) in [7, 11) is 2.96. The summed E-state index contributed by atoms with van der Waals surface area (Å²) in [4.78, 5) is 26.8. The van der Waals surface area contributed by atoms with Gasteiger partial charge in [0.25, 0.3) is 5.91 Å². The third-order valence-corrected chi connectivity index (χ3v) is 3.65. The SMILES string of the molecule is CCCN(CC(=O)Nc1cc(C)on1)C(=O)c1c(OC)cccc1OC. The van der Waals surface area contributed by atoms with Gasteiger partial charge in [-0.2, -0.15) is 0 Å². The van der Waals surface area contributed by atoms with E-state index in [0.29, 0.717) is 36.0 Å². The first-order valence-corrected chi connectivity index (χ1v) is 8.23. The second kappa shape index (κ2) is 8.89. The molecule has 2 amide bonds. The zero-order valence-electron chi connectivity index (χ0n) is 15.4. The number of benzene rings is 1. The molecule has 1 heterocycles. The minimum Gasteiger partial charge on any atom is -0.496 e. The molecule has 26 heavy (non-hydrogen) atoms. The van der Waals surface area contributed by atoms with Crippen LogP contribution < -0.4 is 14.8 Å². The number of nitrogens with one attached hydrogen (secondary N) is 1. The number of rotatable bonds is 8. The number of nitrogens with zero attached hydrogens (tertiary/aromatic N) is 2. The lowest BCUT2D eigenvalue weighted by molar-refractivity contribution is -0.116. The van der Waals surface area contributed by atoms with E-state index in [-0.39, 0.29) is 23.9 Å². The third kappa shape index (κ3) is 4.53. The first-order valence-electron chi connectivity index (χ1n) is 8.23. The lowest BCUT2D eigenvalue weighted by Gasteiger charge is -2.23. The van der Waals surface area contributed by atoms with Gasteiger partial charge in [0.1, 0.15) is 29.4 Å².